The highest BCUT2D eigenvalue weighted by Crippen LogP contribution is 2.32. The molecule has 0 aromatic carbocycles. The fraction of sp³-hybridized carbons (Fsp3) is 0.417. The molecule has 8 heteroatoms. The number of hydrogen-bond acceptors (Lipinski definition) is 5. The molecule has 0 radical (unpaired) electrons. The lowest BCUT2D eigenvalue weighted by Crippen LogP contribution is -2.16. The zero-order valence-corrected chi connectivity index (χ0v) is 12.8. The van der Waals surface area contributed by atoms with Gasteiger partial charge in [-0.25, -0.2) is 4.79 Å². The third-order valence-electron chi connectivity index (χ3n) is 2.57. The van der Waals surface area contributed by atoms with E-state index in [4.69, 9.17) is 10.8 Å². The van der Waals surface area contributed by atoms with Crippen molar-refractivity contribution in [3.63, 3.8) is 0 Å². The summed E-state index contributed by atoms with van der Waals surface area (Å²) >= 11 is 2.52. The molecule has 1 heterocycles. The molecule has 0 fully saturated rings. The van der Waals surface area contributed by atoms with Crippen LogP contribution < -0.4 is 11.1 Å². The Labute approximate surface area is 124 Å². The maximum atomic E-state index is 11.7. The first-order chi connectivity index (χ1) is 9.32. The van der Waals surface area contributed by atoms with Gasteiger partial charge in [0, 0.05) is 17.1 Å². The van der Waals surface area contributed by atoms with Crippen molar-refractivity contribution in [3.05, 3.63) is 16.0 Å². The lowest BCUT2D eigenvalue weighted by Gasteiger charge is -2.04. The maximum absolute atomic E-state index is 11.7. The van der Waals surface area contributed by atoms with E-state index in [2.05, 4.69) is 5.32 Å². The molecule has 1 rings (SSSR count). The molecular weight excluding hydrogens is 300 g/mol. The first kappa shape index (κ1) is 16.5. The van der Waals surface area contributed by atoms with Gasteiger partial charge in [-0.15, -0.1) is 11.3 Å². The number of carboxylic acid groups (broad SMARTS) is 1. The van der Waals surface area contributed by atoms with Crippen LogP contribution in [0.3, 0.4) is 0 Å². The normalized spacial score (nSPS) is 10.3. The highest BCUT2D eigenvalue weighted by atomic mass is 32.2. The number of nitrogens with one attached hydrogen (secondary N) is 1. The van der Waals surface area contributed by atoms with Gasteiger partial charge in [-0.05, 0) is 19.4 Å². The molecule has 20 heavy (non-hydrogen) atoms. The van der Waals surface area contributed by atoms with E-state index in [1.807, 2.05) is 6.92 Å². The summed E-state index contributed by atoms with van der Waals surface area (Å²) in [5.41, 5.74) is 5.79. The van der Waals surface area contributed by atoms with Crippen LogP contribution in [0.15, 0.2) is 0 Å². The molecule has 0 saturated carbocycles. The zero-order chi connectivity index (χ0) is 15.3. The number of anilines is 1. The summed E-state index contributed by atoms with van der Waals surface area (Å²) < 4.78 is 0. The highest BCUT2D eigenvalue weighted by molar-refractivity contribution is 7.99. The van der Waals surface area contributed by atoms with Crippen LogP contribution in [0, 0.1) is 13.8 Å². The van der Waals surface area contributed by atoms with Gasteiger partial charge in [-0.1, -0.05) is 0 Å². The Kier molecular flexibility index (Phi) is 6.03. The van der Waals surface area contributed by atoms with Crippen molar-refractivity contribution in [2.45, 2.75) is 20.3 Å². The molecule has 0 aliphatic rings. The number of carbonyl (C=O) groups excluding carboxylic acids is 2. The molecule has 0 unspecified atom stereocenters. The average Bonchev–Trinajstić information content (AvgIpc) is 2.60. The minimum atomic E-state index is -1.05. The van der Waals surface area contributed by atoms with Gasteiger partial charge in [0.25, 0.3) is 0 Å². The fourth-order valence-electron chi connectivity index (χ4n) is 1.50. The summed E-state index contributed by atoms with van der Waals surface area (Å²) in [7, 11) is 0. The quantitative estimate of drug-likeness (QED) is 0.662. The van der Waals surface area contributed by atoms with Crippen molar-refractivity contribution < 1.29 is 19.5 Å². The van der Waals surface area contributed by atoms with Crippen molar-refractivity contribution in [2.24, 2.45) is 5.73 Å². The molecular formula is C12H16N2O4S2. The number of hydrogen-bond donors (Lipinski definition) is 3. The van der Waals surface area contributed by atoms with Crippen molar-refractivity contribution in [2.75, 3.05) is 16.8 Å². The van der Waals surface area contributed by atoms with Crippen LogP contribution in [0.2, 0.25) is 0 Å². The topological polar surface area (TPSA) is 109 Å². The highest BCUT2D eigenvalue weighted by Gasteiger charge is 2.20. The monoisotopic (exact) mass is 316 g/mol. The van der Waals surface area contributed by atoms with E-state index in [9.17, 15) is 14.4 Å². The Morgan fingerprint density at radius 2 is 2.00 bits per heavy atom. The molecule has 2 amide bonds. The van der Waals surface area contributed by atoms with Crippen molar-refractivity contribution >= 4 is 45.9 Å². The predicted molar refractivity (Wildman–Crippen MR) is 80.5 cm³/mol. The summed E-state index contributed by atoms with van der Waals surface area (Å²) in [5.74, 6) is -1.12. The smallest absolute Gasteiger partial charge is 0.338 e. The fourth-order valence-corrected chi connectivity index (χ4v) is 3.24. The van der Waals surface area contributed by atoms with Gasteiger partial charge in [0.1, 0.15) is 5.00 Å². The van der Waals surface area contributed by atoms with Crippen LogP contribution in [0.25, 0.3) is 0 Å². The Morgan fingerprint density at radius 1 is 1.35 bits per heavy atom. The molecule has 4 N–H and O–H groups in total. The van der Waals surface area contributed by atoms with Gasteiger partial charge in [0.2, 0.25) is 11.8 Å². The summed E-state index contributed by atoms with van der Waals surface area (Å²) in [4.78, 5) is 34.3. The molecule has 0 bridgehead atoms. The minimum Gasteiger partial charge on any atom is -0.478 e. The first-order valence-electron chi connectivity index (χ1n) is 5.82. The molecule has 0 aliphatic carbocycles. The summed E-state index contributed by atoms with van der Waals surface area (Å²) in [6.45, 7) is 3.53. The maximum Gasteiger partial charge on any atom is 0.338 e. The second-order valence-corrected chi connectivity index (χ2v) is 6.44. The number of aromatic carboxylic acids is 1. The molecule has 110 valence electrons. The number of aryl methyl sites for hydroxylation is 1. The van der Waals surface area contributed by atoms with Crippen LogP contribution in [0.1, 0.15) is 27.2 Å². The predicted octanol–water partition coefficient (Wildman–Crippen LogP) is 1.61. The molecule has 1 aromatic rings. The lowest BCUT2D eigenvalue weighted by molar-refractivity contribution is -0.116. The van der Waals surface area contributed by atoms with E-state index in [0.29, 0.717) is 16.3 Å². The van der Waals surface area contributed by atoms with Gasteiger partial charge in [0.15, 0.2) is 0 Å². The zero-order valence-electron chi connectivity index (χ0n) is 11.2. The molecule has 0 atom stereocenters. The Hall–Kier alpha value is -1.54. The Bertz CT molecular complexity index is 540. The van der Waals surface area contributed by atoms with E-state index in [-0.39, 0.29) is 23.6 Å². The third-order valence-corrected chi connectivity index (χ3v) is 4.67. The number of thiophene rings is 1. The number of amides is 2. The van der Waals surface area contributed by atoms with Gasteiger partial charge < -0.3 is 16.2 Å². The van der Waals surface area contributed by atoms with Crippen LogP contribution in [0.5, 0.6) is 0 Å². The number of nitrogens with two attached hydrogens (primary N) is 1. The van der Waals surface area contributed by atoms with Crippen molar-refractivity contribution in [1.82, 2.24) is 0 Å². The van der Waals surface area contributed by atoms with E-state index < -0.39 is 11.9 Å². The van der Waals surface area contributed by atoms with Crippen LogP contribution in [-0.2, 0) is 9.59 Å². The minimum absolute atomic E-state index is 0.144. The van der Waals surface area contributed by atoms with Gasteiger partial charge in [-0.3, -0.25) is 9.59 Å². The van der Waals surface area contributed by atoms with Crippen molar-refractivity contribution in [1.29, 1.82) is 0 Å². The number of primary amides is 1. The summed E-state index contributed by atoms with van der Waals surface area (Å²) in [6.07, 6.45) is 0.201. The first-order valence-corrected chi connectivity index (χ1v) is 7.79. The Morgan fingerprint density at radius 3 is 2.55 bits per heavy atom. The summed E-state index contributed by atoms with van der Waals surface area (Å²) in [6, 6.07) is 0. The van der Waals surface area contributed by atoms with Crippen molar-refractivity contribution in [3.8, 4) is 0 Å². The number of thioether (sulfide) groups is 1. The third kappa shape index (κ3) is 4.53. The van der Waals surface area contributed by atoms with Crippen LogP contribution >= 0.6 is 23.1 Å². The Balaban J connectivity index is 2.60. The number of rotatable bonds is 7. The van der Waals surface area contributed by atoms with Crippen LogP contribution in [-0.4, -0.2) is 34.4 Å². The second-order valence-electron chi connectivity index (χ2n) is 4.11. The lowest BCUT2D eigenvalue weighted by atomic mass is 10.1. The summed E-state index contributed by atoms with van der Waals surface area (Å²) in [5, 5.41) is 12.1. The van der Waals surface area contributed by atoms with E-state index >= 15 is 0 Å². The molecule has 6 nitrogen and oxygen atoms in total. The number of carboxylic acids is 1. The SMILES string of the molecule is Cc1sc(NC(=O)CCSCC(N)=O)c(C(=O)O)c1C. The van der Waals surface area contributed by atoms with Gasteiger partial charge >= 0.3 is 5.97 Å². The largest absolute Gasteiger partial charge is 0.478 e. The standard InChI is InChI=1S/C12H16N2O4S2/c1-6-7(2)20-11(10(6)12(17)18)14-9(16)3-4-19-5-8(13)15/h3-5H2,1-2H3,(H2,13,15)(H,14,16)(H,17,18). The second kappa shape index (κ2) is 7.30. The van der Waals surface area contributed by atoms with E-state index in [1.165, 1.54) is 23.1 Å². The molecule has 0 saturated heterocycles. The molecule has 0 spiro atoms. The average molecular weight is 316 g/mol. The molecule has 0 aliphatic heterocycles. The van der Waals surface area contributed by atoms with Gasteiger partial charge in [0.05, 0.1) is 11.3 Å². The van der Waals surface area contributed by atoms with E-state index in [1.54, 1.807) is 6.92 Å². The number of carbonyl (C=O) groups is 3. The van der Waals surface area contributed by atoms with Crippen LogP contribution in [0.4, 0.5) is 5.00 Å². The van der Waals surface area contributed by atoms with E-state index in [0.717, 1.165) is 4.88 Å². The molecule has 1 aromatic heterocycles. The van der Waals surface area contributed by atoms with Gasteiger partial charge in [-0.2, -0.15) is 11.8 Å².